The summed E-state index contributed by atoms with van der Waals surface area (Å²) in [6, 6.07) is 14.8. The Bertz CT molecular complexity index is 1410. The Labute approximate surface area is 199 Å². The number of hydrogen-bond donors (Lipinski definition) is 2. The molecule has 10 nitrogen and oxygen atoms in total. The molecule has 2 heterocycles. The number of morpholine rings is 1. The number of aromatic hydroxyl groups is 1. The van der Waals surface area contributed by atoms with E-state index in [1.54, 1.807) is 43.3 Å². The third-order valence-corrected chi connectivity index (χ3v) is 5.87. The van der Waals surface area contributed by atoms with Crippen molar-refractivity contribution in [2.75, 3.05) is 36.5 Å². The Morgan fingerprint density at radius 2 is 1.91 bits per heavy atom. The highest BCUT2D eigenvalue weighted by Crippen LogP contribution is 2.36. The molecule has 2 N–H and O–H groups in total. The molecular formula is C25H22N4O6. The molecule has 0 spiro atoms. The number of nitrogens with zero attached hydrogens (tertiary/aromatic N) is 3. The van der Waals surface area contributed by atoms with E-state index in [4.69, 9.17) is 9.15 Å². The van der Waals surface area contributed by atoms with Gasteiger partial charge in [0.25, 0.3) is 11.6 Å². The SMILES string of the molecule is Cc1cc(NC(=O)c2ccc(N3CCOCC3)c([N+](=O)[O-])c2)cc(-c2nc3ccccc3o2)c1O. The Balaban J connectivity index is 1.44. The van der Waals surface area contributed by atoms with Gasteiger partial charge in [0, 0.05) is 30.4 Å². The standard InChI is InChI=1S/C25H22N4O6/c1-15-12-17(14-18(23(15)30)25-27-19-4-2-3-5-22(19)35-25)26-24(31)16-6-7-20(21(13-16)29(32)33)28-8-10-34-11-9-28/h2-7,12-14,30H,8-11H2,1H3,(H,26,31). The largest absolute Gasteiger partial charge is 0.507 e. The van der Waals surface area contributed by atoms with E-state index in [2.05, 4.69) is 10.3 Å². The zero-order chi connectivity index (χ0) is 24.5. The van der Waals surface area contributed by atoms with Crippen LogP contribution in [-0.2, 0) is 4.74 Å². The average molecular weight is 474 g/mol. The minimum Gasteiger partial charge on any atom is -0.507 e. The fraction of sp³-hybridized carbons (Fsp3) is 0.200. The third kappa shape index (κ3) is 4.38. The van der Waals surface area contributed by atoms with Gasteiger partial charge >= 0.3 is 0 Å². The lowest BCUT2D eigenvalue weighted by atomic mass is 10.1. The number of hydrogen-bond acceptors (Lipinski definition) is 8. The quantitative estimate of drug-likeness (QED) is 0.245. The number of para-hydroxylation sites is 2. The van der Waals surface area contributed by atoms with Gasteiger partial charge in [0.15, 0.2) is 5.58 Å². The zero-order valence-corrected chi connectivity index (χ0v) is 18.9. The molecule has 1 amide bonds. The van der Waals surface area contributed by atoms with E-state index in [0.717, 1.165) is 0 Å². The van der Waals surface area contributed by atoms with Crippen LogP contribution in [0.4, 0.5) is 17.1 Å². The normalized spacial score (nSPS) is 13.7. The first-order valence-corrected chi connectivity index (χ1v) is 11.0. The molecule has 5 rings (SSSR count). The molecule has 0 unspecified atom stereocenters. The van der Waals surface area contributed by atoms with Gasteiger partial charge in [0.2, 0.25) is 5.89 Å². The van der Waals surface area contributed by atoms with Gasteiger partial charge in [0.1, 0.15) is 17.0 Å². The van der Waals surface area contributed by atoms with Gasteiger partial charge in [-0.25, -0.2) is 4.98 Å². The topological polar surface area (TPSA) is 131 Å². The van der Waals surface area contributed by atoms with Crippen LogP contribution in [0.15, 0.2) is 59.0 Å². The maximum Gasteiger partial charge on any atom is 0.293 e. The molecule has 0 atom stereocenters. The van der Waals surface area contributed by atoms with E-state index < -0.39 is 10.8 Å². The number of aryl methyl sites for hydroxylation is 1. The number of nitrogens with one attached hydrogen (secondary N) is 1. The first-order valence-electron chi connectivity index (χ1n) is 11.0. The Morgan fingerprint density at radius 1 is 1.14 bits per heavy atom. The lowest BCUT2D eigenvalue weighted by molar-refractivity contribution is -0.384. The molecule has 1 aromatic heterocycles. The van der Waals surface area contributed by atoms with Crippen LogP contribution in [-0.4, -0.2) is 47.2 Å². The Morgan fingerprint density at radius 3 is 2.66 bits per heavy atom. The molecule has 1 fully saturated rings. The molecule has 0 saturated carbocycles. The van der Waals surface area contributed by atoms with Gasteiger partial charge in [-0.3, -0.25) is 14.9 Å². The number of ether oxygens (including phenoxy) is 1. The van der Waals surface area contributed by atoms with Crippen molar-refractivity contribution < 1.29 is 24.0 Å². The van der Waals surface area contributed by atoms with Gasteiger partial charge in [0.05, 0.1) is 23.7 Å². The second-order valence-electron chi connectivity index (χ2n) is 8.19. The summed E-state index contributed by atoms with van der Waals surface area (Å²) in [5, 5.41) is 25.1. The van der Waals surface area contributed by atoms with Gasteiger partial charge in [-0.15, -0.1) is 0 Å². The number of carbonyl (C=O) groups is 1. The highest BCUT2D eigenvalue weighted by atomic mass is 16.6. The number of phenols is 1. The van der Waals surface area contributed by atoms with E-state index in [1.807, 2.05) is 17.0 Å². The molecule has 0 aliphatic carbocycles. The summed E-state index contributed by atoms with van der Waals surface area (Å²) in [4.78, 5) is 30.5. The van der Waals surface area contributed by atoms with Crippen molar-refractivity contribution in [3.05, 3.63) is 75.8 Å². The third-order valence-electron chi connectivity index (χ3n) is 5.87. The fourth-order valence-corrected chi connectivity index (χ4v) is 4.09. The van der Waals surface area contributed by atoms with E-state index in [0.29, 0.717) is 59.9 Å². The van der Waals surface area contributed by atoms with Crippen molar-refractivity contribution in [1.29, 1.82) is 0 Å². The number of fused-ring (bicyclic) bond motifs is 1. The molecular weight excluding hydrogens is 452 g/mol. The van der Waals surface area contributed by atoms with E-state index >= 15 is 0 Å². The first kappa shape index (κ1) is 22.4. The number of aromatic nitrogens is 1. The van der Waals surface area contributed by atoms with Crippen LogP contribution in [0.5, 0.6) is 5.75 Å². The van der Waals surface area contributed by atoms with Crippen LogP contribution in [0.25, 0.3) is 22.6 Å². The number of rotatable bonds is 5. The summed E-state index contributed by atoms with van der Waals surface area (Å²) < 4.78 is 11.1. The summed E-state index contributed by atoms with van der Waals surface area (Å²) >= 11 is 0. The van der Waals surface area contributed by atoms with E-state index in [-0.39, 0.29) is 22.9 Å². The maximum atomic E-state index is 13.0. The second kappa shape index (κ2) is 9.07. The summed E-state index contributed by atoms with van der Waals surface area (Å²) in [7, 11) is 0. The molecule has 0 radical (unpaired) electrons. The minimum atomic E-state index is -0.518. The first-order chi connectivity index (χ1) is 16.9. The monoisotopic (exact) mass is 474 g/mol. The number of phenolic OH excluding ortho intramolecular Hbond substituents is 1. The predicted octanol–water partition coefficient (Wildman–Crippen LogP) is 4.51. The highest BCUT2D eigenvalue weighted by Gasteiger charge is 2.24. The number of carbonyl (C=O) groups excluding carboxylic acids is 1. The van der Waals surface area contributed by atoms with Gasteiger partial charge < -0.3 is 24.5 Å². The van der Waals surface area contributed by atoms with Gasteiger partial charge in [-0.05, 0) is 48.9 Å². The van der Waals surface area contributed by atoms with Crippen molar-refractivity contribution in [3.63, 3.8) is 0 Å². The van der Waals surface area contributed by atoms with E-state index in [1.165, 1.54) is 6.07 Å². The fourth-order valence-electron chi connectivity index (χ4n) is 4.09. The van der Waals surface area contributed by atoms with Crippen LogP contribution >= 0.6 is 0 Å². The molecule has 3 aromatic carbocycles. The van der Waals surface area contributed by atoms with Crippen LogP contribution in [0, 0.1) is 17.0 Å². The number of nitro groups is 1. The molecule has 35 heavy (non-hydrogen) atoms. The lowest BCUT2D eigenvalue weighted by Gasteiger charge is -2.28. The number of anilines is 2. The summed E-state index contributed by atoms with van der Waals surface area (Å²) in [6.45, 7) is 3.75. The molecule has 1 aliphatic rings. The van der Waals surface area contributed by atoms with Crippen molar-refractivity contribution in [2.45, 2.75) is 6.92 Å². The Hall–Kier alpha value is -4.44. The summed E-state index contributed by atoms with van der Waals surface area (Å²) in [5.41, 5.74) is 2.88. The summed E-state index contributed by atoms with van der Waals surface area (Å²) in [6.07, 6.45) is 0. The van der Waals surface area contributed by atoms with Crippen LogP contribution in [0.2, 0.25) is 0 Å². The lowest BCUT2D eigenvalue weighted by Crippen LogP contribution is -2.36. The maximum absolute atomic E-state index is 13.0. The van der Waals surface area contributed by atoms with Crippen molar-refractivity contribution in [1.82, 2.24) is 4.98 Å². The molecule has 1 aliphatic heterocycles. The van der Waals surface area contributed by atoms with Crippen molar-refractivity contribution >= 4 is 34.1 Å². The Kier molecular flexibility index (Phi) is 5.79. The van der Waals surface area contributed by atoms with E-state index in [9.17, 15) is 20.0 Å². The molecule has 10 heteroatoms. The molecule has 178 valence electrons. The van der Waals surface area contributed by atoms with Crippen LogP contribution in [0.3, 0.4) is 0 Å². The number of amides is 1. The summed E-state index contributed by atoms with van der Waals surface area (Å²) in [5.74, 6) is -0.316. The molecule has 4 aromatic rings. The second-order valence-corrected chi connectivity index (χ2v) is 8.19. The minimum absolute atomic E-state index is 0.0138. The smallest absolute Gasteiger partial charge is 0.293 e. The van der Waals surface area contributed by atoms with Crippen molar-refractivity contribution in [3.8, 4) is 17.2 Å². The number of oxazole rings is 1. The highest BCUT2D eigenvalue weighted by molar-refractivity contribution is 6.05. The van der Waals surface area contributed by atoms with Crippen LogP contribution in [0.1, 0.15) is 15.9 Å². The predicted molar refractivity (Wildman–Crippen MR) is 130 cm³/mol. The average Bonchev–Trinajstić information content (AvgIpc) is 3.30. The van der Waals surface area contributed by atoms with Gasteiger partial charge in [-0.1, -0.05) is 12.1 Å². The number of benzene rings is 3. The zero-order valence-electron chi connectivity index (χ0n) is 18.9. The number of nitro benzene ring substituents is 1. The van der Waals surface area contributed by atoms with Crippen molar-refractivity contribution in [2.24, 2.45) is 0 Å². The van der Waals surface area contributed by atoms with Gasteiger partial charge in [-0.2, -0.15) is 0 Å². The molecule has 1 saturated heterocycles. The molecule has 0 bridgehead atoms. The van der Waals surface area contributed by atoms with Crippen LogP contribution < -0.4 is 10.2 Å².